The van der Waals surface area contributed by atoms with Gasteiger partial charge in [0.2, 0.25) is 0 Å². The van der Waals surface area contributed by atoms with E-state index in [1.54, 1.807) is 6.20 Å². The molecule has 3 heteroatoms. The van der Waals surface area contributed by atoms with Gasteiger partial charge < -0.3 is 0 Å². The average molecular weight is 255 g/mol. The molecule has 0 radical (unpaired) electrons. The maximum absolute atomic E-state index is 5.62. The van der Waals surface area contributed by atoms with E-state index in [0.29, 0.717) is 5.15 Å². The van der Waals surface area contributed by atoms with Gasteiger partial charge in [0, 0.05) is 0 Å². The van der Waals surface area contributed by atoms with Crippen molar-refractivity contribution in [2.45, 2.75) is 47.5 Å². The number of aryl methyl sites for hydroxylation is 1. The Morgan fingerprint density at radius 3 is 2.41 bits per heavy atom. The van der Waals surface area contributed by atoms with E-state index in [1.807, 2.05) is 26.0 Å². The molecule has 0 aliphatic rings. The molecule has 0 N–H and O–H groups in total. The second-order valence-corrected chi connectivity index (χ2v) is 4.73. The van der Waals surface area contributed by atoms with E-state index < -0.39 is 0 Å². The maximum atomic E-state index is 5.62. The summed E-state index contributed by atoms with van der Waals surface area (Å²) in [5.74, 6) is 0.898. The van der Waals surface area contributed by atoms with Crippen LogP contribution in [-0.4, -0.2) is 9.97 Å². The lowest BCUT2D eigenvalue weighted by atomic mass is 10.1. The lowest BCUT2D eigenvalue weighted by molar-refractivity contribution is 0.576. The van der Waals surface area contributed by atoms with Crippen LogP contribution in [0.2, 0.25) is 5.15 Å². The lowest BCUT2D eigenvalue weighted by Gasteiger charge is -1.96. The van der Waals surface area contributed by atoms with Crippen LogP contribution in [0.5, 0.6) is 0 Å². The number of nitrogens with zero attached hydrogens (tertiary/aromatic N) is 2. The lowest BCUT2D eigenvalue weighted by Crippen LogP contribution is -1.90. The molecule has 1 aromatic heterocycles. The van der Waals surface area contributed by atoms with Crippen molar-refractivity contribution in [1.82, 2.24) is 9.97 Å². The molecule has 17 heavy (non-hydrogen) atoms. The van der Waals surface area contributed by atoms with Crippen molar-refractivity contribution in [1.29, 1.82) is 0 Å². The molecule has 1 aromatic rings. The van der Waals surface area contributed by atoms with E-state index >= 15 is 0 Å². The van der Waals surface area contributed by atoms with Crippen LogP contribution in [0.1, 0.15) is 51.9 Å². The van der Waals surface area contributed by atoms with Crippen LogP contribution in [0.15, 0.2) is 12.3 Å². The van der Waals surface area contributed by atoms with Gasteiger partial charge in [-0.25, -0.2) is 4.98 Å². The Kier molecular flexibility index (Phi) is 8.69. The first-order valence-electron chi connectivity index (χ1n) is 6.13. The molecular formula is C14H23ClN2. The van der Waals surface area contributed by atoms with E-state index in [9.17, 15) is 0 Å². The third-order valence-electron chi connectivity index (χ3n) is 2.15. The third kappa shape index (κ3) is 7.92. The Morgan fingerprint density at radius 2 is 2.06 bits per heavy atom. The summed E-state index contributed by atoms with van der Waals surface area (Å²) in [4.78, 5) is 8.13. The van der Waals surface area contributed by atoms with E-state index in [4.69, 9.17) is 11.6 Å². The van der Waals surface area contributed by atoms with E-state index in [1.165, 1.54) is 12.8 Å². The van der Waals surface area contributed by atoms with Gasteiger partial charge in [-0.05, 0) is 25.8 Å². The zero-order valence-corrected chi connectivity index (χ0v) is 12.3. The van der Waals surface area contributed by atoms with Gasteiger partial charge in [0.1, 0.15) is 5.15 Å². The minimum atomic E-state index is 0.441. The highest BCUT2D eigenvalue weighted by Crippen LogP contribution is 2.07. The number of rotatable bonds is 3. The Bertz CT molecular complexity index is 346. The molecule has 0 bridgehead atoms. The van der Waals surface area contributed by atoms with Crippen LogP contribution < -0.4 is 0 Å². The molecule has 0 fully saturated rings. The van der Waals surface area contributed by atoms with Gasteiger partial charge in [-0.3, -0.25) is 4.98 Å². The molecule has 0 atom stereocenters. The van der Waals surface area contributed by atoms with Gasteiger partial charge >= 0.3 is 0 Å². The largest absolute Gasteiger partial charge is 0.252 e. The summed E-state index contributed by atoms with van der Waals surface area (Å²) in [5, 5.41) is 0.441. The first-order valence-corrected chi connectivity index (χ1v) is 6.50. The maximum Gasteiger partial charge on any atom is 0.147 e. The molecule has 0 unspecified atom stereocenters. The summed E-state index contributed by atoms with van der Waals surface area (Å²) in [6.45, 7) is 10.6. The molecule has 0 spiro atoms. The highest BCUT2D eigenvalue weighted by atomic mass is 35.5. The normalized spacial score (nSPS) is 10.5. The predicted molar refractivity (Wildman–Crippen MR) is 76.2 cm³/mol. The number of halogens is 1. The number of aromatic nitrogens is 2. The molecule has 2 nitrogen and oxygen atoms in total. The Hall–Kier alpha value is -0.890. The Labute approximate surface area is 110 Å². The first-order chi connectivity index (χ1) is 8.01. The SMILES string of the molecule is C/C=C\c1ncc(Cl)nc1C.CCCC(C)C. The van der Waals surface area contributed by atoms with Crippen molar-refractivity contribution in [2.24, 2.45) is 5.92 Å². The van der Waals surface area contributed by atoms with E-state index in [2.05, 4.69) is 30.7 Å². The van der Waals surface area contributed by atoms with Crippen molar-refractivity contribution in [2.75, 3.05) is 0 Å². The highest BCUT2D eigenvalue weighted by molar-refractivity contribution is 6.29. The molecule has 0 saturated carbocycles. The minimum absolute atomic E-state index is 0.441. The summed E-state index contributed by atoms with van der Waals surface area (Å²) in [6, 6.07) is 0. The molecule has 0 aromatic carbocycles. The molecule has 0 aliphatic carbocycles. The zero-order chi connectivity index (χ0) is 13.3. The van der Waals surface area contributed by atoms with Crippen LogP contribution in [0, 0.1) is 12.8 Å². The van der Waals surface area contributed by atoms with Crippen molar-refractivity contribution in [3.8, 4) is 0 Å². The molecule has 1 rings (SSSR count). The minimum Gasteiger partial charge on any atom is -0.252 e. The van der Waals surface area contributed by atoms with Crippen LogP contribution in [-0.2, 0) is 0 Å². The summed E-state index contributed by atoms with van der Waals surface area (Å²) in [6.07, 6.45) is 8.07. The summed E-state index contributed by atoms with van der Waals surface area (Å²) < 4.78 is 0. The summed E-state index contributed by atoms with van der Waals surface area (Å²) >= 11 is 5.62. The van der Waals surface area contributed by atoms with E-state index in [-0.39, 0.29) is 0 Å². The fourth-order valence-corrected chi connectivity index (χ4v) is 1.54. The Morgan fingerprint density at radius 1 is 1.41 bits per heavy atom. The highest BCUT2D eigenvalue weighted by Gasteiger charge is 1.96. The van der Waals surface area contributed by atoms with Gasteiger partial charge in [0.05, 0.1) is 17.6 Å². The average Bonchev–Trinajstić information content (AvgIpc) is 2.23. The fraction of sp³-hybridized carbons (Fsp3) is 0.571. The van der Waals surface area contributed by atoms with Crippen molar-refractivity contribution in [3.05, 3.63) is 28.8 Å². The van der Waals surface area contributed by atoms with Crippen molar-refractivity contribution in [3.63, 3.8) is 0 Å². The second kappa shape index (κ2) is 9.17. The number of hydrogen-bond acceptors (Lipinski definition) is 2. The smallest absolute Gasteiger partial charge is 0.147 e. The summed E-state index contributed by atoms with van der Waals surface area (Å²) in [7, 11) is 0. The van der Waals surface area contributed by atoms with Gasteiger partial charge in [0.25, 0.3) is 0 Å². The molecular weight excluding hydrogens is 232 g/mol. The molecule has 0 amide bonds. The topological polar surface area (TPSA) is 25.8 Å². The summed E-state index contributed by atoms with van der Waals surface area (Å²) in [5.41, 5.74) is 1.73. The number of allylic oxidation sites excluding steroid dienone is 1. The predicted octanol–water partition coefficient (Wildman–Crippen LogP) is 4.91. The zero-order valence-electron chi connectivity index (χ0n) is 11.5. The number of hydrogen-bond donors (Lipinski definition) is 0. The second-order valence-electron chi connectivity index (χ2n) is 4.35. The quantitative estimate of drug-likeness (QED) is 0.766. The fourth-order valence-electron chi connectivity index (χ4n) is 1.36. The van der Waals surface area contributed by atoms with Crippen LogP contribution in [0.25, 0.3) is 6.08 Å². The van der Waals surface area contributed by atoms with Crippen molar-refractivity contribution < 1.29 is 0 Å². The monoisotopic (exact) mass is 254 g/mol. The van der Waals surface area contributed by atoms with Crippen LogP contribution in [0.3, 0.4) is 0 Å². The molecule has 0 aliphatic heterocycles. The standard InChI is InChI=1S/C8H9ClN2.C6H14/c1-3-4-7-6(2)11-8(9)5-10-7;1-4-5-6(2)3/h3-5H,1-2H3;6H,4-5H2,1-3H3/b4-3-;. The Balaban J connectivity index is 0.000000366. The van der Waals surface area contributed by atoms with Crippen molar-refractivity contribution >= 4 is 17.7 Å². The van der Waals surface area contributed by atoms with Gasteiger partial charge in [0.15, 0.2) is 0 Å². The van der Waals surface area contributed by atoms with Crippen LogP contribution >= 0.6 is 11.6 Å². The molecule has 96 valence electrons. The third-order valence-corrected chi connectivity index (χ3v) is 2.33. The van der Waals surface area contributed by atoms with Gasteiger partial charge in [-0.15, -0.1) is 0 Å². The first kappa shape index (κ1) is 16.1. The van der Waals surface area contributed by atoms with E-state index in [0.717, 1.165) is 17.3 Å². The van der Waals surface area contributed by atoms with Crippen LogP contribution in [0.4, 0.5) is 0 Å². The van der Waals surface area contributed by atoms with Gasteiger partial charge in [-0.1, -0.05) is 51.3 Å². The van der Waals surface area contributed by atoms with Gasteiger partial charge in [-0.2, -0.15) is 0 Å². The molecule has 0 saturated heterocycles. The molecule has 1 heterocycles.